The maximum atomic E-state index is 13.4. The Hall–Kier alpha value is -3.69. The van der Waals surface area contributed by atoms with Crippen LogP contribution < -0.4 is 10.6 Å². The number of piperazine rings is 1. The highest BCUT2D eigenvalue weighted by Crippen LogP contribution is 2.34. The van der Waals surface area contributed by atoms with Crippen LogP contribution in [0.15, 0.2) is 46.9 Å². The van der Waals surface area contributed by atoms with E-state index in [9.17, 15) is 13.2 Å². The van der Waals surface area contributed by atoms with E-state index >= 15 is 0 Å². The maximum Gasteiger partial charge on any atom is 0.413 e. The number of sulfonamides is 1. The van der Waals surface area contributed by atoms with Crippen LogP contribution in [0, 0.1) is 6.92 Å². The van der Waals surface area contributed by atoms with Crippen molar-refractivity contribution < 1.29 is 17.9 Å². The largest absolute Gasteiger partial charge is 0.453 e. The molecule has 0 bridgehead atoms. The van der Waals surface area contributed by atoms with Crippen LogP contribution in [-0.2, 0) is 27.8 Å². The summed E-state index contributed by atoms with van der Waals surface area (Å²) < 4.78 is 33.0. The van der Waals surface area contributed by atoms with Crippen LogP contribution >= 0.6 is 11.3 Å². The predicted molar refractivity (Wildman–Crippen MR) is 171 cm³/mol. The van der Waals surface area contributed by atoms with Crippen LogP contribution in [0.4, 0.5) is 15.7 Å². The molecule has 2 N–H and O–H groups in total. The van der Waals surface area contributed by atoms with Gasteiger partial charge in [0.05, 0.1) is 18.3 Å². The highest BCUT2D eigenvalue weighted by atomic mass is 32.2. The van der Waals surface area contributed by atoms with Gasteiger partial charge in [-0.25, -0.2) is 28.2 Å². The van der Waals surface area contributed by atoms with Crippen molar-refractivity contribution in [1.82, 2.24) is 29.1 Å². The Morgan fingerprint density at radius 1 is 1.09 bits per heavy atom. The number of hydrogen-bond donors (Lipinski definition) is 2. The van der Waals surface area contributed by atoms with Crippen molar-refractivity contribution in [1.29, 1.82) is 0 Å². The number of benzene rings is 2. The molecule has 0 spiro atoms. The summed E-state index contributed by atoms with van der Waals surface area (Å²) in [4.78, 5) is 29.5. The first-order valence-electron chi connectivity index (χ1n) is 14.5. The van der Waals surface area contributed by atoms with Gasteiger partial charge in [-0.15, -0.1) is 0 Å². The van der Waals surface area contributed by atoms with Crippen molar-refractivity contribution in [3.05, 3.63) is 59.5 Å². The number of carbonyl (C=O) groups is 1. The smallest absolute Gasteiger partial charge is 0.413 e. The Morgan fingerprint density at radius 2 is 1.86 bits per heavy atom. The number of carbonyl (C=O) groups excluding carboxylic acids is 1. The zero-order valence-electron chi connectivity index (χ0n) is 25.2. The standard InChI is InChI=1S/C30H36N8O4S2/c1-19(15-37-10-12-38(13-11-37)44(40,41)28-20(2)34-29(43-28)35-30(39)42-4)33-27-25-7-5-6-24(26(25)31-18-32-27)21-8-9-22-16-36(3)17-23(22)14-21/h5-9,14,18-19H,10-13,15-17H2,1-4H3,(H,31,32,33)(H,34,35,39). The Bertz CT molecular complexity index is 1800. The fourth-order valence-electron chi connectivity index (χ4n) is 5.92. The average Bonchev–Trinajstić information content (AvgIpc) is 3.57. The van der Waals surface area contributed by atoms with Crippen LogP contribution in [0.3, 0.4) is 0 Å². The van der Waals surface area contributed by atoms with E-state index in [4.69, 9.17) is 0 Å². The highest BCUT2D eigenvalue weighted by Gasteiger charge is 2.32. The summed E-state index contributed by atoms with van der Waals surface area (Å²) in [5.74, 6) is 0.781. The summed E-state index contributed by atoms with van der Waals surface area (Å²) in [5.41, 5.74) is 6.23. The van der Waals surface area contributed by atoms with Gasteiger partial charge in [-0.05, 0) is 49.7 Å². The molecule has 1 saturated heterocycles. The molecule has 14 heteroatoms. The number of rotatable bonds is 8. The summed E-state index contributed by atoms with van der Waals surface area (Å²) in [6.07, 6.45) is 0.917. The fourth-order valence-corrected chi connectivity index (χ4v) is 8.88. The summed E-state index contributed by atoms with van der Waals surface area (Å²) in [6.45, 7) is 8.31. The number of thiazole rings is 1. The lowest BCUT2D eigenvalue weighted by molar-refractivity contribution is 0.184. The van der Waals surface area contributed by atoms with E-state index in [1.807, 2.05) is 6.07 Å². The first kappa shape index (κ1) is 30.3. The molecule has 1 atom stereocenters. The molecule has 0 saturated carbocycles. The molecule has 4 heterocycles. The van der Waals surface area contributed by atoms with Gasteiger partial charge in [0, 0.05) is 62.8 Å². The molecule has 0 aliphatic carbocycles. The number of para-hydroxylation sites is 1. The van der Waals surface area contributed by atoms with Crippen molar-refractivity contribution in [2.45, 2.75) is 37.2 Å². The number of aryl methyl sites for hydroxylation is 1. The Kier molecular flexibility index (Phi) is 8.53. The molecular formula is C30H36N8O4S2. The quantitative estimate of drug-likeness (QED) is 0.293. The zero-order valence-corrected chi connectivity index (χ0v) is 26.8. The van der Waals surface area contributed by atoms with Gasteiger partial charge in [-0.2, -0.15) is 4.31 Å². The summed E-state index contributed by atoms with van der Waals surface area (Å²) in [5, 5.41) is 7.17. The van der Waals surface area contributed by atoms with E-state index in [1.165, 1.54) is 22.5 Å². The molecule has 1 unspecified atom stereocenters. The second kappa shape index (κ2) is 12.4. The average molecular weight is 637 g/mol. The lowest BCUT2D eigenvalue weighted by Gasteiger charge is -2.35. The molecule has 2 aromatic heterocycles. The summed E-state index contributed by atoms with van der Waals surface area (Å²) >= 11 is 0.932. The second-order valence-corrected chi connectivity index (χ2v) is 14.5. The molecule has 2 aromatic carbocycles. The van der Waals surface area contributed by atoms with Gasteiger partial charge in [0.25, 0.3) is 10.0 Å². The third-order valence-corrected chi connectivity index (χ3v) is 11.6. The molecule has 232 valence electrons. The Morgan fingerprint density at radius 3 is 2.64 bits per heavy atom. The molecule has 1 amide bonds. The number of nitrogens with zero attached hydrogens (tertiary/aromatic N) is 6. The molecular weight excluding hydrogens is 601 g/mol. The molecule has 2 aliphatic heterocycles. The molecule has 12 nitrogen and oxygen atoms in total. The molecule has 0 radical (unpaired) electrons. The summed E-state index contributed by atoms with van der Waals surface area (Å²) in [7, 11) is -0.359. The minimum absolute atomic E-state index is 0.0612. The lowest BCUT2D eigenvalue weighted by atomic mass is 9.98. The first-order chi connectivity index (χ1) is 21.1. The van der Waals surface area contributed by atoms with Gasteiger partial charge < -0.3 is 10.1 Å². The minimum atomic E-state index is -3.74. The van der Waals surface area contributed by atoms with Crippen molar-refractivity contribution in [2.75, 3.05) is 57.5 Å². The van der Waals surface area contributed by atoms with Crippen molar-refractivity contribution >= 4 is 49.3 Å². The normalized spacial score (nSPS) is 17.0. The van der Waals surface area contributed by atoms with Crippen LogP contribution in [-0.4, -0.2) is 96.5 Å². The highest BCUT2D eigenvalue weighted by molar-refractivity contribution is 7.91. The van der Waals surface area contributed by atoms with Gasteiger partial charge in [-0.1, -0.05) is 35.6 Å². The van der Waals surface area contributed by atoms with Gasteiger partial charge in [-0.3, -0.25) is 15.1 Å². The number of fused-ring (bicyclic) bond motifs is 2. The number of methoxy groups -OCH3 is 1. The minimum Gasteiger partial charge on any atom is -0.453 e. The van der Waals surface area contributed by atoms with E-state index in [2.05, 4.69) is 84.4 Å². The number of amides is 1. The SMILES string of the molecule is COC(=O)Nc1nc(C)c(S(=O)(=O)N2CCN(CC(C)Nc3ncnc4c(-c5ccc6c(c5)CN(C)C6)cccc34)CC2)s1. The van der Waals surface area contributed by atoms with Crippen LogP contribution in [0.25, 0.3) is 22.0 Å². The molecule has 2 aliphatic rings. The van der Waals surface area contributed by atoms with Gasteiger partial charge in [0.1, 0.15) is 12.1 Å². The fraction of sp³-hybridized carbons (Fsp3) is 0.400. The monoisotopic (exact) mass is 636 g/mol. The topological polar surface area (TPSA) is 133 Å². The van der Waals surface area contributed by atoms with Gasteiger partial charge in [0.15, 0.2) is 9.34 Å². The third-order valence-electron chi connectivity index (χ3n) is 8.03. The van der Waals surface area contributed by atoms with Gasteiger partial charge in [0.2, 0.25) is 0 Å². The van der Waals surface area contributed by atoms with E-state index < -0.39 is 16.1 Å². The van der Waals surface area contributed by atoms with Crippen LogP contribution in [0.2, 0.25) is 0 Å². The maximum absolute atomic E-state index is 13.4. The van der Waals surface area contributed by atoms with Gasteiger partial charge >= 0.3 is 6.09 Å². The Labute approximate surface area is 261 Å². The Balaban J connectivity index is 1.10. The third kappa shape index (κ3) is 6.13. The molecule has 1 fully saturated rings. The van der Waals surface area contributed by atoms with E-state index in [0.717, 1.165) is 58.8 Å². The van der Waals surface area contributed by atoms with Crippen LogP contribution in [0.1, 0.15) is 23.7 Å². The number of aromatic nitrogens is 3. The number of anilines is 2. The van der Waals surface area contributed by atoms with E-state index in [1.54, 1.807) is 13.3 Å². The lowest BCUT2D eigenvalue weighted by Crippen LogP contribution is -2.50. The number of hydrogen-bond acceptors (Lipinski definition) is 11. The van der Waals surface area contributed by atoms with E-state index in [-0.39, 0.29) is 15.4 Å². The predicted octanol–water partition coefficient (Wildman–Crippen LogP) is 3.99. The zero-order chi connectivity index (χ0) is 31.0. The van der Waals surface area contributed by atoms with Crippen LogP contribution in [0.5, 0.6) is 0 Å². The number of ether oxygens (including phenoxy) is 1. The van der Waals surface area contributed by atoms with Crippen molar-refractivity contribution in [3.63, 3.8) is 0 Å². The van der Waals surface area contributed by atoms with E-state index in [0.29, 0.717) is 31.9 Å². The summed E-state index contributed by atoms with van der Waals surface area (Å²) in [6, 6.07) is 12.9. The molecule has 6 rings (SSSR count). The first-order valence-corrected chi connectivity index (χ1v) is 16.7. The molecule has 4 aromatic rings. The molecule has 44 heavy (non-hydrogen) atoms. The number of nitrogens with one attached hydrogen (secondary N) is 2. The second-order valence-electron chi connectivity index (χ2n) is 11.3. The van der Waals surface area contributed by atoms with Crippen molar-refractivity contribution in [2.24, 2.45) is 0 Å². The van der Waals surface area contributed by atoms with Crippen molar-refractivity contribution in [3.8, 4) is 11.1 Å².